The van der Waals surface area contributed by atoms with Crippen molar-refractivity contribution in [3.63, 3.8) is 0 Å². The minimum atomic E-state index is -3.47. The summed E-state index contributed by atoms with van der Waals surface area (Å²) in [7, 11) is -3.47. The summed E-state index contributed by atoms with van der Waals surface area (Å²) in [5.41, 5.74) is 1.02. The highest BCUT2D eigenvalue weighted by molar-refractivity contribution is 7.89. The Kier molecular flexibility index (Phi) is 3.42. The summed E-state index contributed by atoms with van der Waals surface area (Å²) in [5, 5.41) is 0. The molecule has 108 valence electrons. The van der Waals surface area contributed by atoms with Crippen LogP contribution >= 0.6 is 0 Å². The first kappa shape index (κ1) is 13.8. The van der Waals surface area contributed by atoms with E-state index >= 15 is 0 Å². The molecule has 1 aromatic rings. The quantitative estimate of drug-likeness (QED) is 0.858. The molecule has 2 atom stereocenters. The Morgan fingerprint density at radius 3 is 2.45 bits per heavy atom. The maximum atomic E-state index is 12.8. The molecule has 2 unspecified atom stereocenters. The Balaban J connectivity index is 1.98. The van der Waals surface area contributed by atoms with Gasteiger partial charge in [0.2, 0.25) is 10.0 Å². The van der Waals surface area contributed by atoms with E-state index in [-0.39, 0.29) is 17.9 Å². The lowest BCUT2D eigenvalue weighted by Crippen LogP contribution is -2.46. The molecule has 5 heteroatoms. The Bertz CT molecular complexity index is 622. The molecule has 2 saturated heterocycles. The molecule has 0 aromatic heterocycles. The van der Waals surface area contributed by atoms with Gasteiger partial charge in [0.15, 0.2) is 0 Å². The molecular weight excluding hydrogens is 274 g/mol. The molecule has 4 nitrogen and oxygen atoms in total. The third kappa shape index (κ3) is 2.19. The Labute approximate surface area is 119 Å². The number of hydrogen-bond acceptors (Lipinski definition) is 3. The predicted molar refractivity (Wildman–Crippen MR) is 75.9 cm³/mol. The van der Waals surface area contributed by atoms with Gasteiger partial charge in [-0.1, -0.05) is 19.1 Å². The second kappa shape index (κ2) is 4.97. The van der Waals surface area contributed by atoms with E-state index in [1.165, 1.54) is 0 Å². The fraction of sp³-hybridized carbons (Fsp3) is 0.533. The highest BCUT2D eigenvalue weighted by Gasteiger charge is 2.46. The fourth-order valence-electron chi connectivity index (χ4n) is 3.37. The summed E-state index contributed by atoms with van der Waals surface area (Å²) < 4.78 is 27.3. The molecule has 3 rings (SSSR count). The maximum absolute atomic E-state index is 12.8. The zero-order chi connectivity index (χ0) is 14.3. The Morgan fingerprint density at radius 2 is 1.85 bits per heavy atom. The first-order valence-electron chi connectivity index (χ1n) is 7.16. The van der Waals surface area contributed by atoms with Gasteiger partial charge >= 0.3 is 0 Å². The number of ketones is 1. The van der Waals surface area contributed by atoms with E-state index < -0.39 is 10.0 Å². The van der Waals surface area contributed by atoms with Gasteiger partial charge in [0.25, 0.3) is 0 Å². The minimum Gasteiger partial charge on any atom is -0.300 e. The predicted octanol–water partition coefficient (Wildman–Crippen LogP) is 2.13. The molecule has 2 aliphatic heterocycles. The highest BCUT2D eigenvalue weighted by Crippen LogP contribution is 2.38. The number of hydrogen-bond donors (Lipinski definition) is 0. The van der Waals surface area contributed by atoms with Gasteiger partial charge in [-0.2, -0.15) is 4.31 Å². The molecule has 2 bridgehead atoms. The van der Waals surface area contributed by atoms with Gasteiger partial charge < -0.3 is 0 Å². The third-order valence-electron chi connectivity index (χ3n) is 4.36. The van der Waals surface area contributed by atoms with Crippen LogP contribution in [0, 0.1) is 0 Å². The van der Waals surface area contributed by atoms with Crippen LogP contribution in [0.4, 0.5) is 0 Å². The average molecular weight is 293 g/mol. The molecule has 0 amide bonds. The van der Waals surface area contributed by atoms with E-state index in [9.17, 15) is 13.2 Å². The molecule has 2 fully saturated rings. The van der Waals surface area contributed by atoms with Gasteiger partial charge in [0.1, 0.15) is 5.78 Å². The Hall–Kier alpha value is -1.20. The summed E-state index contributed by atoms with van der Waals surface area (Å²) in [5.74, 6) is 0.200. The van der Waals surface area contributed by atoms with Crippen LogP contribution in [0.1, 0.15) is 38.2 Å². The topological polar surface area (TPSA) is 54.5 Å². The lowest BCUT2D eigenvalue weighted by atomic mass is 10.0. The number of carbonyl (C=O) groups is 1. The van der Waals surface area contributed by atoms with Crippen LogP contribution in [0.5, 0.6) is 0 Å². The van der Waals surface area contributed by atoms with E-state index in [1.54, 1.807) is 22.5 Å². The second-order valence-electron chi connectivity index (χ2n) is 5.67. The van der Waals surface area contributed by atoms with Gasteiger partial charge in [0, 0.05) is 24.9 Å². The summed E-state index contributed by atoms with van der Waals surface area (Å²) in [4.78, 5) is 12.0. The molecule has 0 spiro atoms. The molecule has 0 saturated carbocycles. The number of rotatable bonds is 3. The maximum Gasteiger partial charge on any atom is 0.243 e. The van der Waals surface area contributed by atoms with Crippen LogP contribution in [-0.4, -0.2) is 30.6 Å². The van der Waals surface area contributed by atoms with E-state index in [0.29, 0.717) is 17.7 Å². The first-order valence-corrected chi connectivity index (χ1v) is 8.60. The van der Waals surface area contributed by atoms with Crippen LogP contribution in [0.2, 0.25) is 0 Å². The standard InChI is InChI=1S/C15H19NO3S/c1-2-11-4-3-5-15(8-11)20(18,19)16-12-6-7-13(16)10-14(17)9-12/h3-5,8,12-13H,2,6-7,9-10H2,1H3. The van der Waals surface area contributed by atoms with Crippen LogP contribution in [0.25, 0.3) is 0 Å². The summed E-state index contributed by atoms with van der Waals surface area (Å²) >= 11 is 0. The third-order valence-corrected chi connectivity index (χ3v) is 6.36. The van der Waals surface area contributed by atoms with Crippen LogP contribution in [0.3, 0.4) is 0 Å². The number of fused-ring (bicyclic) bond motifs is 2. The van der Waals surface area contributed by atoms with Gasteiger partial charge in [0.05, 0.1) is 4.90 Å². The van der Waals surface area contributed by atoms with E-state index in [0.717, 1.165) is 24.8 Å². The van der Waals surface area contributed by atoms with Crippen molar-refractivity contribution in [1.29, 1.82) is 0 Å². The molecule has 0 N–H and O–H groups in total. The van der Waals surface area contributed by atoms with Crippen LogP contribution in [-0.2, 0) is 21.2 Å². The summed E-state index contributed by atoms with van der Waals surface area (Å²) in [6.07, 6.45) is 3.19. The van der Waals surface area contributed by atoms with Gasteiger partial charge in [-0.15, -0.1) is 0 Å². The summed E-state index contributed by atoms with van der Waals surface area (Å²) in [6, 6.07) is 6.89. The molecule has 2 heterocycles. The van der Waals surface area contributed by atoms with Gasteiger partial charge in [-0.25, -0.2) is 8.42 Å². The average Bonchev–Trinajstić information content (AvgIpc) is 2.72. The number of nitrogens with zero attached hydrogens (tertiary/aromatic N) is 1. The largest absolute Gasteiger partial charge is 0.300 e. The zero-order valence-corrected chi connectivity index (χ0v) is 12.4. The van der Waals surface area contributed by atoms with E-state index in [1.807, 2.05) is 13.0 Å². The minimum absolute atomic E-state index is 0.128. The van der Waals surface area contributed by atoms with Crippen molar-refractivity contribution in [2.45, 2.75) is 56.0 Å². The number of aryl methyl sites for hydroxylation is 1. The van der Waals surface area contributed by atoms with Crippen molar-refractivity contribution in [2.75, 3.05) is 0 Å². The smallest absolute Gasteiger partial charge is 0.243 e. The lowest BCUT2D eigenvalue weighted by Gasteiger charge is -2.32. The zero-order valence-electron chi connectivity index (χ0n) is 11.6. The SMILES string of the molecule is CCc1cccc(S(=O)(=O)N2C3CCC2CC(=O)C3)c1. The van der Waals surface area contributed by atoms with Crippen molar-refractivity contribution >= 4 is 15.8 Å². The molecule has 0 aliphatic carbocycles. The number of Topliss-reactive ketones (excluding diaryl/α,β-unsaturated/α-hetero) is 1. The number of piperidine rings is 1. The van der Waals surface area contributed by atoms with Crippen LogP contribution < -0.4 is 0 Å². The molecular formula is C15H19NO3S. The van der Waals surface area contributed by atoms with E-state index in [4.69, 9.17) is 0 Å². The Morgan fingerprint density at radius 1 is 1.20 bits per heavy atom. The molecule has 0 radical (unpaired) electrons. The van der Waals surface area contributed by atoms with E-state index in [2.05, 4.69) is 0 Å². The fourth-order valence-corrected chi connectivity index (χ4v) is 5.31. The lowest BCUT2D eigenvalue weighted by molar-refractivity contribution is -0.122. The normalized spacial score (nSPS) is 26.9. The molecule has 20 heavy (non-hydrogen) atoms. The number of benzene rings is 1. The molecule has 2 aliphatic rings. The van der Waals surface area contributed by atoms with Crippen molar-refractivity contribution in [2.24, 2.45) is 0 Å². The second-order valence-corrected chi connectivity index (χ2v) is 7.51. The molecule has 1 aromatic carbocycles. The first-order chi connectivity index (χ1) is 9.52. The number of carbonyl (C=O) groups excluding carboxylic acids is 1. The number of sulfonamides is 1. The highest BCUT2D eigenvalue weighted by atomic mass is 32.2. The summed E-state index contributed by atoms with van der Waals surface area (Å²) in [6.45, 7) is 2.01. The van der Waals surface area contributed by atoms with Crippen molar-refractivity contribution in [3.8, 4) is 0 Å². The van der Waals surface area contributed by atoms with Crippen molar-refractivity contribution < 1.29 is 13.2 Å². The van der Waals surface area contributed by atoms with Gasteiger partial charge in [-0.05, 0) is 37.0 Å². The monoisotopic (exact) mass is 293 g/mol. The van der Waals surface area contributed by atoms with Crippen LogP contribution in [0.15, 0.2) is 29.2 Å². The van der Waals surface area contributed by atoms with Gasteiger partial charge in [-0.3, -0.25) is 4.79 Å². The van der Waals surface area contributed by atoms with Crippen molar-refractivity contribution in [3.05, 3.63) is 29.8 Å². The van der Waals surface area contributed by atoms with Crippen molar-refractivity contribution in [1.82, 2.24) is 4.31 Å².